The number of hydrogen-bond acceptors (Lipinski definition) is 2. The lowest BCUT2D eigenvalue weighted by Crippen LogP contribution is -2.22. The van der Waals surface area contributed by atoms with Crippen molar-refractivity contribution in [3.05, 3.63) is 0 Å². The summed E-state index contributed by atoms with van der Waals surface area (Å²) in [5.74, 6) is 0.835. The Kier molecular flexibility index (Phi) is 10.6. The molecule has 2 nitrogen and oxygen atoms in total. The fraction of sp³-hybridized carbons (Fsp3) is 0.929. The Morgan fingerprint density at radius 1 is 1.12 bits per heavy atom. The van der Waals surface area contributed by atoms with Crippen LogP contribution in [-0.4, -0.2) is 25.0 Å². The first-order valence-electron chi connectivity index (χ1n) is 6.76. The zero-order chi connectivity index (χ0) is 12.2. The molecule has 0 saturated heterocycles. The third-order valence-electron chi connectivity index (χ3n) is 3.16. The molecule has 0 bridgehead atoms. The van der Waals surface area contributed by atoms with Gasteiger partial charge in [-0.25, -0.2) is 0 Å². The van der Waals surface area contributed by atoms with Crippen molar-refractivity contribution in [3.8, 4) is 6.07 Å². The monoisotopic (exact) mass is 224 g/mol. The van der Waals surface area contributed by atoms with Gasteiger partial charge in [-0.3, -0.25) is 0 Å². The minimum absolute atomic E-state index is 0.654. The third kappa shape index (κ3) is 9.98. The number of hydrogen-bond donors (Lipinski definition) is 0. The van der Waals surface area contributed by atoms with Crippen LogP contribution in [0.2, 0.25) is 0 Å². The summed E-state index contributed by atoms with van der Waals surface area (Å²) in [5.41, 5.74) is 0. The molecule has 0 rings (SSSR count). The van der Waals surface area contributed by atoms with Gasteiger partial charge in [0.25, 0.3) is 0 Å². The first-order chi connectivity index (χ1) is 7.70. The van der Waals surface area contributed by atoms with E-state index in [0.29, 0.717) is 6.42 Å². The van der Waals surface area contributed by atoms with Gasteiger partial charge in [-0.15, -0.1) is 0 Å². The van der Waals surface area contributed by atoms with Crippen LogP contribution in [0.25, 0.3) is 0 Å². The second-order valence-corrected chi connectivity index (χ2v) is 4.95. The second-order valence-electron chi connectivity index (χ2n) is 4.95. The van der Waals surface area contributed by atoms with Crippen molar-refractivity contribution in [2.45, 2.75) is 58.8 Å². The Morgan fingerprint density at radius 2 is 1.88 bits per heavy atom. The Balaban J connectivity index is 3.35. The fourth-order valence-electron chi connectivity index (χ4n) is 1.86. The summed E-state index contributed by atoms with van der Waals surface area (Å²) in [4.78, 5) is 2.27. The van der Waals surface area contributed by atoms with Crippen LogP contribution in [0.5, 0.6) is 0 Å². The Labute approximate surface area is 102 Å². The van der Waals surface area contributed by atoms with Crippen LogP contribution in [0, 0.1) is 17.2 Å². The SMILES string of the molecule is CCCCCCC(C)CCN(C)CCC#N. The van der Waals surface area contributed by atoms with E-state index in [4.69, 9.17) is 5.26 Å². The van der Waals surface area contributed by atoms with Gasteiger partial charge in [0.15, 0.2) is 0 Å². The minimum Gasteiger partial charge on any atom is -0.305 e. The van der Waals surface area contributed by atoms with Gasteiger partial charge in [0, 0.05) is 13.0 Å². The Hall–Kier alpha value is -0.550. The molecule has 0 aliphatic rings. The molecule has 1 unspecified atom stereocenters. The normalized spacial score (nSPS) is 12.7. The van der Waals surface area contributed by atoms with Crippen molar-refractivity contribution in [1.82, 2.24) is 4.90 Å². The van der Waals surface area contributed by atoms with Gasteiger partial charge in [-0.1, -0.05) is 46.0 Å². The van der Waals surface area contributed by atoms with Gasteiger partial charge in [0.2, 0.25) is 0 Å². The fourth-order valence-corrected chi connectivity index (χ4v) is 1.86. The van der Waals surface area contributed by atoms with Gasteiger partial charge in [-0.05, 0) is 25.9 Å². The molecule has 0 N–H and O–H groups in total. The smallest absolute Gasteiger partial charge is 0.0635 e. The summed E-state index contributed by atoms with van der Waals surface area (Å²) in [6, 6.07) is 2.19. The quantitative estimate of drug-likeness (QED) is 0.527. The predicted octanol–water partition coefficient (Wildman–Crippen LogP) is 3.83. The van der Waals surface area contributed by atoms with Crippen LogP contribution in [0.15, 0.2) is 0 Å². The summed E-state index contributed by atoms with van der Waals surface area (Å²) in [6.07, 6.45) is 8.78. The third-order valence-corrected chi connectivity index (χ3v) is 3.16. The maximum Gasteiger partial charge on any atom is 0.0635 e. The highest BCUT2D eigenvalue weighted by molar-refractivity contribution is 4.71. The lowest BCUT2D eigenvalue weighted by molar-refractivity contribution is 0.303. The van der Waals surface area contributed by atoms with E-state index in [9.17, 15) is 0 Å². The highest BCUT2D eigenvalue weighted by Gasteiger charge is 2.04. The maximum atomic E-state index is 8.48. The summed E-state index contributed by atoms with van der Waals surface area (Å²) in [7, 11) is 2.11. The topological polar surface area (TPSA) is 27.0 Å². The molecule has 0 fully saturated rings. The number of unbranched alkanes of at least 4 members (excludes halogenated alkanes) is 3. The van der Waals surface area contributed by atoms with Gasteiger partial charge < -0.3 is 4.90 Å². The molecule has 0 aromatic rings. The minimum atomic E-state index is 0.654. The second kappa shape index (κ2) is 11.0. The van der Waals surface area contributed by atoms with Crippen LogP contribution in [-0.2, 0) is 0 Å². The van der Waals surface area contributed by atoms with Gasteiger partial charge >= 0.3 is 0 Å². The Morgan fingerprint density at radius 3 is 2.50 bits per heavy atom. The van der Waals surface area contributed by atoms with Crippen molar-refractivity contribution < 1.29 is 0 Å². The lowest BCUT2D eigenvalue weighted by Gasteiger charge is -2.18. The number of nitriles is 1. The molecule has 0 amide bonds. The molecule has 0 aromatic heterocycles. The zero-order valence-corrected chi connectivity index (χ0v) is 11.3. The summed E-state index contributed by atoms with van der Waals surface area (Å²) in [5, 5.41) is 8.48. The number of rotatable bonds is 10. The summed E-state index contributed by atoms with van der Waals surface area (Å²) >= 11 is 0. The molecule has 1 atom stereocenters. The average molecular weight is 224 g/mol. The zero-order valence-electron chi connectivity index (χ0n) is 11.3. The van der Waals surface area contributed by atoms with Gasteiger partial charge in [-0.2, -0.15) is 5.26 Å². The van der Waals surface area contributed by atoms with Crippen LogP contribution in [0.1, 0.15) is 58.8 Å². The van der Waals surface area contributed by atoms with E-state index in [0.717, 1.165) is 19.0 Å². The highest BCUT2D eigenvalue weighted by Crippen LogP contribution is 2.13. The molecule has 0 radical (unpaired) electrons. The molecule has 0 aliphatic carbocycles. The van der Waals surface area contributed by atoms with Crippen molar-refractivity contribution in [1.29, 1.82) is 5.26 Å². The van der Waals surface area contributed by atoms with Crippen LogP contribution in [0.4, 0.5) is 0 Å². The van der Waals surface area contributed by atoms with Crippen molar-refractivity contribution in [2.75, 3.05) is 20.1 Å². The van der Waals surface area contributed by atoms with Crippen molar-refractivity contribution in [3.63, 3.8) is 0 Å². The molecule has 0 saturated carbocycles. The molecule has 94 valence electrons. The first-order valence-corrected chi connectivity index (χ1v) is 6.76. The highest BCUT2D eigenvalue weighted by atomic mass is 15.1. The standard InChI is InChI=1S/C14H28N2/c1-4-5-6-7-9-14(2)10-13-16(3)12-8-11-15/h14H,4-10,12-13H2,1-3H3. The van der Waals surface area contributed by atoms with E-state index >= 15 is 0 Å². The summed E-state index contributed by atoms with van der Waals surface area (Å²) in [6.45, 7) is 6.66. The molecule has 16 heavy (non-hydrogen) atoms. The summed E-state index contributed by atoms with van der Waals surface area (Å²) < 4.78 is 0. The molecule has 0 spiro atoms. The lowest BCUT2D eigenvalue weighted by atomic mass is 9.99. The molecular weight excluding hydrogens is 196 g/mol. The number of nitrogens with zero attached hydrogens (tertiary/aromatic N) is 2. The maximum absolute atomic E-state index is 8.48. The van der Waals surface area contributed by atoms with E-state index in [1.807, 2.05) is 0 Å². The molecule has 0 aliphatic heterocycles. The Bertz CT molecular complexity index is 184. The van der Waals surface area contributed by atoms with E-state index in [1.165, 1.54) is 38.5 Å². The van der Waals surface area contributed by atoms with E-state index in [2.05, 4.69) is 31.9 Å². The average Bonchev–Trinajstić information content (AvgIpc) is 2.29. The molecular formula is C14H28N2. The van der Waals surface area contributed by atoms with Crippen molar-refractivity contribution >= 4 is 0 Å². The van der Waals surface area contributed by atoms with E-state index < -0.39 is 0 Å². The molecule has 0 heterocycles. The molecule has 0 aromatic carbocycles. The first kappa shape index (κ1) is 15.4. The molecule has 2 heteroatoms. The predicted molar refractivity (Wildman–Crippen MR) is 70.3 cm³/mol. The van der Waals surface area contributed by atoms with Gasteiger partial charge in [0.1, 0.15) is 0 Å². The van der Waals surface area contributed by atoms with Crippen LogP contribution < -0.4 is 0 Å². The van der Waals surface area contributed by atoms with Crippen LogP contribution >= 0.6 is 0 Å². The largest absolute Gasteiger partial charge is 0.305 e. The van der Waals surface area contributed by atoms with E-state index in [1.54, 1.807) is 0 Å². The van der Waals surface area contributed by atoms with Crippen molar-refractivity contribution in [2.24, 2.45) is 5.92 Å². The van der Waals surface area contributed by atoms with Crippen LogP contribution in [0.3, 0.4) is 0 Å². The van der Waals surface area contributed by atoms with Gasteiger partial charge in [0.05, 0.1) is 6.07 Å². The van der Waals surface area contributed by atoms with E-state index in [-0.39, 0.29) is 0 Å².